The van der Waals surface area contributed by atoms with Gasteiger partial charge in [0.2, 0.25) is 0 Å². The van der Waals surface area contributed by atoms with Crippen LogP contribution in [0.15, 0.2) is 24.3 Å². The number of nitrogens with two attached hydrogens (primary N) is 1. The zero-order valence-corrected chi connectivity index (χ0v) is 11.9. The first-order valence-corrected chi connectivity index (χ1v) is 7.41. The van der Waals surface area contributed by atoms with Gasteiger partial charge in [-0.3, -0.25) is 11.3 Å². The van der Waals surface area contributed by atoms with Gasteiger partial charge in [0.15, 0.2) is 0 Å². The van der Waals surface area contributed by atoms with E-state index < -0.39 is 0 Å². The Kier molecular flexibility index (Phi) is 5.83. The van der Waals surface area contributed by atoms with Gasteiger partial charge in [0.25, 0.3) is 0 Å². The molecule has 0 saturated carbocycles. The molecule has 0 radical (unpaired) electrons. The lowest BCUT2D eigenvalue weighted by Crippen LogP contribution is -2.37. The van der Waals surface area contributed by atoms with Gasteiger partial charge in [0.1, 0.15) is 0 Å². The second kappa shape index (κ2) is 7.63. The smallest absolute Gasteiger partial charge is 0.0575 e. The highest BCUT2D eigenvalue weighted by Crippen LogP contribution is 2.18. The maximum atomic E-state index is 5.77. The molecule has 2 unspecified atom stereocenters. The Morgan fingerprint density at radius 1 is 1.32 bits per heavy atom. The lowest BCUT2D eigenvalue weighted by Gasteiger charge is -2.24. The molecule has 2 rings (SSSR count). The topological polar surface area (TPSA) is 47.3 Å². The van der Waals surface area contributed by atoms with Crippen molar-refractivity contribution in [2.24, 2.45) is 5.84 Å². The van der Waals surface area contributed by atoms with E-state index in [4.69, 9.17) is 10.6 Å². The van der Waals surface area contributed by atoms with Crippen LogP contribution in [-0.4, -0.2) is 18.8 Å². The summed E-state index contributed by atoms with van der Waals surface area (Å²) in [5.74, 6) is 5.68. The predicted octanol–water partition coefficient (Wildman–Crippen LogP) is 2.72. The molecule has 2 atom stereocenters. The lowest BCUT2D eigenvalue weighted by atomic mass is 9.97. The van der Waals surface area contributed by atoms with Crippen LogP contribution >= 0.6 is 0 Å². The Balaban J connectivity index is 1.77. The number of rotatable bonds is 6. The van der Waals surface area contributed by atoms with Crippen LogP contribution in [0.5, 0.6) is 0 Å². The van der Waals surface area contributed by atoms with E-state index in [0.717, 1.165) is 25.9 Å². The van der Waals surface area contributed by atoms with Crippen molar-refractivity contribution in [2.45, 2.75) is 57.6 Å². The third kappa shape index (κ3) is 4.94. The molecule has 1 aliphatic heterocycles. The van der Waals surface area contributed by atoms with E-state index >= 15 is 0 Å². The van der Waals surface area contributed by atoms with E-state index in [1.807, 2.05) is 0 Å². The van der Waals surface area contributed by atoms with E-state index in [9.17, 15) is 0 Å². The third-order valence-corrected chi connectivity index (χ3v) is 3.95. The van der Waals surface area contributed by atoms with Gasteiger partial charge >= 0.3 is 0 Å². The van der Waals surface area contributed by atoms with Gasteiger partial charge in [0, 0.05) is 12.6 Å². The molecule has 0 amide bonds. The highest BCUT2D eigenvalue weighted by Gasteiger charge is 2.16. The molecule has 1 aromatic rings. The summed E-state index contributed by atoms with van der Waals surface area (Å²) in [6.07, 6.45) is 7.37. The maximum Gasteiger partial charge on any atom is 0.0575 e. The SMILES string of the molecule is Cc1ccc(CC(CCC2CCCCO2)NN)cc1. The van der Waals surface area contributed by atoms with Crippen LogP contribution in [0, 0.1) is 6.92 Å². The van der Waals surface area contributed by atoms with Crippen molar-refractivity contribution in [3.05, 3.63) is 35.4 Å². The Morgan fingerprint density at radius 3 is 2.74 bits per heavy atom. The summed E-state index contributed by atoms with van der Waals surface area (Å²) in [6.45, 7) is 3.05. The Bertz CT molecular complexity index is 358. The molecular formula is C16H26N2O. The second-order valence-electron chi connectivity index (χ2n) is 5.62. The van der Waals surface area contributed by atoms with Crippen LogP contribution in [0.1, 0.15) is 43.2 Å². The molecule has 3 heteroatoms. The fourth-order valence-electron chi connectivity index (χ4n) is 2.68. The molecular weight excluding hydrogens is 236 g/mol. The molecule has 0 aliphatic carbocycles. The average Bonchev–Trinajstić information content (AvgIpc) is 2.46. The molecule has 1 fully saturated rings. The number of aryl methyl sites for hydroxylation is 1. The second-order valence-corrected chi connectivity index (χ2v) is 5.62. The summed E-state index contributed by atoms with van der Waals surface area (Å²) in [4.78, 5) is 0. The van der Waals surface area contributed by atoms with Crippen molar-refractivity contribution in [2.75, 3.05) is 6.61 Å². The quantitative estimate of drug-likeness (QED) is 0.612. The highest BCUT2D eigenvalue weighted by molar-refractivity contribution is 5.22. The molecule has 19 heavy (non-hydrogen) atoms. The van der Waals surface area contributed by atoms with Crippen molar-refractivity contribution in [3.8, 4) is 0 Å². The fraction of sp³-hybridized carbons (Fsp3) is 0.625. The van der Waals surface area contributed by atoms with Gasteiger partial charge in [0.05, 0.1) is 6.10 Å². The summed E-state index contributed by atoms with van der Waals surface area (Å²) >= 11 is 0. The van der Waals surface area contributed by atoms with Crippen LogP contribution < -0.4 is 11.3 Å². The highest BCUT2D eigenvalue weighted by atomic mass is 16.5. The van der Waals surface area contributed by atoms with Crippen LogP contribution in [0.25, 0.3) is 0 Å². The minimum absolute atomic E-state index is 0.341. The molecule has 0 spiro atoms. The summed E-state index contributed by atoms with van der Waals surface area (Å²) in [7, 11) is 0. The van der Waals surface area contributed by atoms with Gasteiger partial charge in [-0.25, -0.2) is 0 Å². The third-order valence-electron chi connectivity index (χ3n) is 3.95. The zero-order valence-electron chi connectivity index (χ0n) is 11.9. The van der Waals surface area contributed by atoms with Crippen LogP contribution in [-0.2, 0) is 11.2 Å². The van der Waals surface area contributed by atoms with Crippen LogP contribution in [0.3, 0.4) is 0 Å². The van der Waals surface area contributed by atoms with Crippen molar-refractivity contribution >= 4 is 0 Å². The van der Waals surface area contributed by atoms with E-state index in [2.05, 4.69) is 36.6 Å². The first-order valence-electron chi connectivity index (χ1n) is 7.41. The average molecular weight is 262 g/mol. The Labute approximate surface area is 116 Å². The predicted molar refractivity (Wildman–Crippen MR) is 78.8 cm³/mol. The number of hydrazine groups is 1. The first kappa shape index (κ1) is 14.5. The largest absolute Gasteiger partial charge is 0.378 e. The number of benzene rings is 1. The number of nitrogens with one attached hydrogen (secondary N) is 1. The number of hydrogen-bond acceptors (Lipinski definition) is 3. The van der Waals surface area contributed by atoms with E-state index in [1.54, 1.807) is 0 Å². The molecule has 1 aliphatic rings. The standard InChI is InChI=1S/C16H26N2O/c1-13-5-7-14(8-6-13)12-15(18-17)9-10-16-4-2-3-11-19-16/h5-8,15-16,18H,2-4,9-12,17H2,1H3. The summed E-state index contributed by atoms with van der Waals surface area (Å²) < 4.78 is 5.77. The van der Waals surface area contributed by atoms with Gasteiger partial charge < -0.3 is 4.74 Å². The van der Waals surface area contributed by atoms with Gasteiger partial charge in [-0.2, -0.15) is 0 Å². The zero-order chi connectivity index (χ0) is 13.5. The minimum Gasteiger partial charge on any atom is -0.378 e. The Morgan fingerprint density at radius 2 is 2.11 bits per heavy atom. The lowest BCUT2D eigenvalue weighted by molar-refractivity contribution is 0.00858. The summed E-state index contributed by atoms with van der Waals surface area (Å²) in [5.41, 5.74) is 5.60. The summed E-state index contributed by atoms with van der Waals surface area (Å²) in [5, 5.41) is 0. The molecule has 106 valence electrons. The Hall–Kier alpha value is -0.900. The fourth-order valence-corrected chi connectivity index (χ4v) is 2.68. The molecule has 3 N–H and O–H groups in total. The van der Waals surface area contributed by atoms with Crippen molar-refractivity contribution in [1.82, 2.24) is 5.43 Å². The molecule has 1 heterocycles. The monoisotopic (exact) mass is 262 g/mol. The van der Waals surface area contributed by atoms with Gasteiger partial charge in [-0.15, -0.1) is 0 Å². The number of hydrogen-bond donors (Lipinski definition) is 2. The van der Waals surface area contributed by atoms with E-state index in [0.29, 0.717) is 12.1 Å². The van der Waals surface area contributed by atoms with Crippen LogP contribution in [0.2, 0.25) is 0 Å². The number of ether oxygens (including phenoxy) is 1. The maximum absolute atomic E-state index is 5.77. The molecule has 3 nitrogen and oxygen atoms in total. The molecule has 0 bridgehead atoms. The molecule has 1 saturated heterocycles. The van der Waals surface area contributed by atoms with Crippen molar-refractivity contribution in [1.29, 1.82) is 0 Å². The molecule has 1 aromatic carbocycles. The van der Waals surface area contributed by atoms with Crippen molar-refractivity contribution in [3.63, 3.8) is 0 Å². The van der Waals surface area contributed by atoms with Crippen molar-refractivity contribution < 1.29 is 4.74 Å². The normalized spacial score (nSPS) is 21.3. The first-order chi connectivity index (χ1) is 9.28. The minimum atomic E-state index is 0.341. The van der Waals surface area contributed by atoms with Crippen LogP contribution in [0.4, 0.5) is 0 Å². The van der Waals surface area contributed by atoms with E-state index in [1.165, 1.54) is 30.4 Å². The molecule has 0 aromatic heterocycles. The van der Waals surface area contributed by atoms with Gasteiger partial charge in [-0.05, 0) is 51.0 Å². The van der Waals surface area contributed by atoms with Gasteiger partial charge in [-0.1, -0.05) is 29.8 Å². The summed E-state index contributed by atoms with van der Waals surface area (Å²) in [6, 6.07) is 9.04. The van der Waals surface area contributed by atoms with E-state index in [-0.39, 0.29) is 0 Å².